The molecule has 0 unspecified atom stereocenters. The van der Waals surface area contributed by atoms with Crippen molar-refractivity contribution in [2.24, 2.45) is 0 Å². The molecule has 0 atom stereocenters. The van der Waals surface area contributed by atoms with Crippen LogP contribution in [0.2, 0.25) is 0 Å². The van der Waals surface area contributed by atoms with Crippen LogP contribution < -0.4 is 0 Å². The van der Waals surface area contributed by atoms with Gasteiger partial charge in [0.2, 0.25) is 5.78 Å². The maximum absolute atomic E-state index is 11.6. The van der Waals surface area contributed by atoms with Crippen LogP contribution in [0.3, 0.4) is 0 Å². The van der Waals surface area contributed by atoms with Crippen molar-refractivity contribution in [1.82, 2.24) is 0 Å². The van der Waals surface area contributed by atoms with Gasteiger partial charge in [-0.1, -0.05) is 6.08 Å². The highest BCUT2D eigenvalue weighted by molar-refractivity contribution is 6.07. The van der Waals surface area contributed by atoms with Crippen LogP contribution >= 0.6 is 0 Å². The van der Waals surface area contributed by atoms with Gasteiger partial charge in [-0.15, -0.1) is 0 Å². The Labute approximate surface area is 71.9 Å². The molecule has 1 heterocycles. The summed E-state index contributed by atoms with van der Waals surface area (Å²) < 4.78 is 5.20. The number of carbonyl (C=O) groups excluding carboxylic acids is 1. The van der Waals surface area contributed by atoms with Crippen molar-refractivity contribution in [3.63, 3.8) is 0 Å². The molecule has 0 bridgehead atoms. The SMILES string of the molecule is O=C(C1=CCCC1)C1=CCCO1. The molecule has 0 aromatic heterocycles. The van der Waals surface area contributed by atoms with E-state index < -0.39 is 0 Å². The fourth-order valence-corrected chi connectivity index (χ4v) is 1.61. The van der Waals surface area contributed by atoms with Gasteiger partial charge in [-0.05, 0) is 30.9 Å². The van der Waals surface area contributed by atoms with Gasteiger partial charge < -0.3 is 4.74 Å². The summed E-state index contributed by atoms with van der Waals surface area (Å²) >= 11 is 0. The molecular weight excluding hydrogens is 152 g/mol. The molecule has 2 rings (SSSR count). The highest BCUT2D eigenvalue weighted by Gasteiger charge is 2.20. The first-order chi connectivity index (χ1) is 5.88. The number of ether oxygens (including phenoxy) is 1. The molecule has 0 spiro atoms. The number of ketones is 1. The molecule has 64 valence electrons. The van der Waals surface area contributed by atoms with Gasteiger partial charge in [-0.3, -0.25) is 4.79 Å². The first kappa shape index (κ1) is 7.59. The maximum Gasteiger partial charge on any atom is 0.222 e. The lowest BCUT2D eigenvalue weighted by atomic mass is 10.1. The predicted molar refractivity (Wildman–Crippen MR) is 45.6 cm³/mol. The van der Waals surface area contributed by atoms with E-state index in [9.17, 15) is 4.79 Å². The van der Waals surface area contributed by atoms with Crippen molar-refractivity contribution in [1.29, 1.82) is 0 Å². The average Bonchev–Trinajstić information content (AvgIpc) is 2.77. The first-order valence-electron chi connectivity index (χ1n) is 4.44. The molecule has 2 heteroatoms. The van der Waals surface area contributed by atoms with Crippen LogP contribution in [0.4, 0.5) is 0 Å². The standard InChI is InChI=1S/C10H12O2/c11-10(8-4-1-2-5-8)9-6-3-7-12-9/h4,6H,1-3,5,7H2. The lowest BCUT2D eigenvalue weighted by Crippen LogP contribution is -2.04. The Morgan fingerprint density at radius 1 is 1.33 bits per heavy atom. The van der Waals surface area contributed by atoms with E-state index in [0.717, 1.165) is 31.3 Å². The van der Waals surface area contributed by atoms with Gasteiger partial charge in [0.25, 0.3) is 0 Å². The van der Waals surface area contributed by atoms with Crippen LogP contribution in [0.1, 0.15) is 25.7 Å². The van der Waals surface area contributed by atoms with Crippen molar-refractivity contribution in [3.8, 4) is 0 Å². The topological polar surface area (TPSA) is 26.3 Å². The second-order valence-electron chi connectivity index (χ2n) is 3.16. The number of Topliss-reactive ketones (excluding diaryl/α,β-unsaturated/α-hetero) is 1. The summed E-state index contributed by atoms with van der Waals surface area (Å²) in [4.78, 5) is 11.6. The Hall–Kier alpha value is -1.05. The van der Waals surface area contributed by atoms with E-state index in [1.807, 2.05) is 12.2 Å². The van der Waals surface area contributed by atoms with Crippen molar-refractivity contribution in [2.45, 2.75) is 25.7 Å². The summed E-state index contributed by atoms with van der Waals surface area (Å²) in [6.45, 7) is 0.675. The number of hydrogen-bond acceptors (Lipinski definition) is 2. The van der Waals surface area contributed by atoms with Crippen LogP contribution in [0.25, 0.3) is 0 Å². The second kappa shape index (κ2) is 3.13. The lowest BCUT2D eigenvalue weighted by Gasteiger charge is -2.02. The normalized spacial score (nSPS) is 21.7. The molecule has 1 aliphatic carbocycles. The number of hydrogen-bond donors (Lipinski definition) is 0. The smallest absolute Gasteiger partial charge is 0.222 e. The monoisotopic (exact) mass is 164 g/mol. The van der Waals surface area contributed by atoms with Gasteiger partial charge in [0.15, 0.2) is 5.76 Å². The largest absolute Gasteiger partial charge is 0.489 e. The third-order valence-corrected chi connectivity index (χ3v) is 2.26. The van der Waals surface area contributed by atoms with E-state index in [2.05, 4.69) is 0 Å². The highest BCUT2D eigenvalue weighted by atomic mass is 16.5. The average molecular weight is 164 g/mol. The third kappa shape index (κ3) is 1.29. The zero-order valence-electron chi connectivity index (χ0n) is 7.01. The Bertz CT molecular complexity index is 235. The summed E-state index contributed by atoms with van der Waals surface area (Å²) in [6, 6.07) is 0. The summed E-state index contributed by atoms with van der Waals surface area (Å²) in [5.74, 6) is 0.688. The van der Waals surface area contributed by atoms with Crippen LogP contribution in [0.5, 0.6) is 0 Å². The van der Waals surface area contributed by atoms with Crippen molar-refractivity contribution in [3.05, 3.63) is 23.5 Å². The fourth-order valence-electron chi connectivity index (χ4n) is 1.61. The zero-order chi connectivity index (χ0) is 8.39. The number of carbonyl (C=O) groups is 1. The minimum atomic E-state index is 0.116. The van der Waals surface area contributed by atoms with Crippen LogP contribution in [0, 0.1) is 0 Å². The Kier molecular flexibility index (Phi) is 1.98. The summed E-state index contributed by atoms with van der Waals surface area (Å²) in [7, 11) is 0. The summed E-state index contributed by atoms with van der Waals surface area (Å²) in [5, 5.41) is 0. The summed E-state index contributed by atoms with van der Waals surface area (Å²) in [6.07, 6.45) is 7.91. The molecule has 0 saturated carbocycles. The quantitative estimate of drug-likeness (QED) is 0.623. The van der Waals surface area contributed by atoms with Crippen molar-refractivity contribution < 1.29 is 9.53 Å². The van der Waals surface area contributed by atoms with Gasteiger partial charge in [0.05, 0.1) is 6.61 Å². The molecule has 0 amide bonds. The van der Waals surface area contributed by atoms with Gasteiger partial charge >= 0.3 is 0 Å². The van der Waals surface area contributed by atoms with Crippen molar-refractivity contribution in [2.75, 3.05) is 6.61 Å². The van der Waals surface area contributed by atoms with Crippen LogP contribution in [0.15, 0.2) is 23.5 Å². The Balaban J connectivity index is 2.08. The molecule has 0 N–H and O–H groups in total. The molecule has 1 aliphatic heterocycles. The number of rotatable bonds is 2. The van der Waals surface area contributed by atoms with Gasteiger partial charge in [0.1, 0.15) is 0 Å². The van der Waals surface area contributed by atoms with E-state index in [4.69, 9.17) is 4.74 Å². The minimum Gasteiger partial charge on any atom is -0.489 e. The Morgan fingerprint density at radius 3 is 2.83 bits per heavy atom. The molecule has 0 fully saturated rings. The molecule has 0 aromatic rings. The molecule has 2 nitrogen and oxygen atoms in total. The first-order valence-corrected chi connectivity index (χ1v) is 4.44. The van der Waals surface area contributed by atoms with Crippen molar-refractivity contribution >= 4 is 5.78 Å². The van der Waals surface area contributed by atoms with E-state index in [1.54, 1.807) is 0 Å². The van der Waals surface area contributed by atoms with E-state index in [0.29, 0.717) is 12.4 Å². The fraction of sp³-hybridized carbons (Fsp3) is 0.500. The van der Waals surface area contributed by atoms with Gasteiger partial charge in [-0.2, -0.15) is 0 Å². The predicted octanol–water partition coefficient (Wildman–Crippen LogP) is 1.97. The molecule has 12 heavy (non-hydrogen) atoms. The summed E-state index contributed by atoms with van der Waals surface area (Å²) in [5.41, 5.74) is 0.947. The van der Waals surface area contributed by atoms with E-state index in [-0.39, 0.29) is 5.78 Å². The highest BCUT2D eigenvalue weighted by Crippen LogP contribution is 2.23. The third-order valence-electron chi connectivity index (χ3n) is 2.26. The second-order valence-corrected chi connectivity index (χ2v) is 3.16. The van der Waals surface area contributed by atoms with Gasteiger partial charge in [-0.25, -0.2) is 0 Å². The zero-order valence-corrected chi connectivity index (χ0v) is 7.01. The minimum absolute atomic E-state index is 0.116. The maximum atomic E-state index is 11.6. The molecule has 2 aliphatic rings. The van der Waals surface area contributed by atoms with Gasteiger partial charge in [0, 0.05) is 6.42 Å². The van der Waals surface area contributed by atoms with Crippen LogP contribution in [-0.2, 0) is 9.53 Å². The van der Waals surface area contributed by atoms with E-state index in [1.165, 1.54) is 0 Å². The lowest BCUT2D eigenvalue weighted by molar-refractivity contribution is -0.115. The number of allylic oxidation sites excluding steroid dienone is 2. The molecule has 0 saturated heterocycles. The Morgan fingerprint density at radius 2 is 2.25 bits per heavy atom. The molecule has 0 radical (unpaired) electrons. The van der Waals surface area contributed by atoms with Crippen LogP contribution in [-0.4, -0.2) is 12.4 Å². The molecular formula is C10H12O2. The molecule has 0 aromatic carbocycles. The van der Waals surface area contributed by atoms with E-state index >= 15 is 0 Å².